The van der Waals surface area contributed by atoms with E-state index in [1.54, 1.807) is 18.2 Å². The molecular formula is C21H17ClN2O3S. The summed E-state index contributed by atoms with van der Waals surface area (Å²) in [4.78, 5) is 29.4. The van der Waals surface area contributed by atoms with Crippen LogP contribution in [0, 0.1) is 6.92 Å². The molecule has 0 saturated heterocycles. The molecule has 0 fully saturated rings. The van der Waals surface area contributed by atoms with Gasteiger partial charge in [-0.2, -0.15) is 0 Å². The van der Waals surface area contributed by atoms with Crippen molar-refractivity contribution in [2.45, 2.75) is 6.92 Å². The number of carbonyl (C=O) groups excluding carboxylic acids is 2. The summed E-state index contributed by atoms with van der Waals surface area (Å²) in [6, 6.07) is 14.7. The number of carbonyl (C=O) groups is 2. The second-order valence-electron chi connectivity index (χ2n) is 5.92. The third kappa shape index (κ3) is 5.28. The molecule has 2 aromatic heterocycles. The van der Waals surface area contributed by atoms with Crippen LogP contribution in [0.1, 0.15) is 16.0 Å². The number of nitrogens with zero attached hydrogens (tertiary/aromatic N) is 1. The van der Waals surface area contributed by atoms with Gasteiger partial charge in [0, 0.05) is 11.1 Å². The highest BCUT2D eigenvalue weighted by molar-refractivity contribution is 7.11. The third-order valence-corrected chi connectivity index (χ3v) is 4.93. The predicted octanol–water partition coefficient (Wildman–Crippen LogP) is 4.83. The largest absolute Gasteiger partial charge is 0.452 e. The van der Waals surface area contributed by atoms with Crippen molar-refractivity contribution in [3.8, 4) is 0 Å². The van der Waals surface area contributed by atoms with E-state index in [4.69, 9.17) is 16.3 Å². The Bertz CT molecular complexity index is 1020. The van der Waals surface area contributed by atoms with Crippen molar-refractivity contribution in [2.75, 3.05) is 11.9 Å². The lowest BCUT2D eigenvalue weighted by atomic mass is 10.1. The fourth-order valence-corrected chi connectivity index (χ4v) is 3.36. The molecule has 28 heavy (non-hydrogen) atoms. The number of benzene rings is 1. The van der Waals surface area contributed by atoms with Crippen LogP contribution in [0.4, 0.5) is 5.69 Å². The number of hydrogen-bond acceptors (Lipinski definition) is 5. The highest BCUT2D eigenvalue weighted by Gasteiger charge is 2.17. The lowest BCUT2D eigenvalue weighted by Crippen LogP contribution is -2.21. The third-order valence-electron chi connectivity index (χ3n) is 3.73. The first-order valence-corrected chi connectivity index (χ1v) is 9.68. The van der Waals surface area contributed by atoms with Crippen LogP contribution < -0.4 is 5.32 Å². The molecule has 5 nitrogen and oxygen atoms in total. The van der Waals surface area contributed by atoms with Crippen molar-refractivity contribution in [1.29, 1.82) is 0 Å². The Morgan fingerprint density at radius 3 is 2.79 bits per heavy atom. The zero-order valence-electron chi connectivity index (χ0n) is 15.0. The van der Waals surface area contributed by atoms with E-state index in [0.717, 1.165) is 16.0 Å². The molecule has 0 spiro atoms. The highest BCUT2D eigenvalue weighted by Crippen LogP contribution is 2.25. The average Bonchev–Trinajstić information content (AvgIpc) is 3.20. The molecule has 142 valence electrons. The van der Waals surface area contributed by atoms with Gasteiger partial charge in [0.15, 0.2) is 11.8 Å². The Labute approximate surface area is 171 Å². The van der Waals surface area contributed by atoms with Gasteiger partial charge in [-0.15, -0.1) is 11.3 Å². The van der Waals surface area contributed by atoms with E-state index in [1.165, 1.54) is 17.5 Å². The SMILES string of the molecule is Cc1cccc(/C=C(/C(=O)OCC(=O)Nc2cccnc2Cl)c2cccs2)c1. The topological polar surface area (TPSA) is 68.3 Å². The Morgan fingerprint density at radius 2 is 2.07 bits per heavy atom. The van der Waals surface area contributed by atoms with Gasteiger partial charge in [0.2, 0.25) is 0 Å². The van der Waals surface area contributed by atoms with Gasteiger partial charge in [0.1, 0.15) is 0 Å². The van der Waals surface area contributed by atoms with Crippen LogP contribution in [0.25, 0.3) is 11.6 Å². The summed E-state index contributed by atoms with van der Waals surface area (Å²) in [6.45, 7) is 1.55. The van der Waals surface area contributed by atoms with Crippen LogP contribution in [-0.2, 0) is 14.3 Å². The minimum absolute atomic E-state index is 0.167. The van der Waals surface area contributed by atoms with Gasteiger partial charge < -0.3 is 10.1 Å². The number of hydrogen-bond donors (Lipinski definition) is 1. The summed E-state index contributed by atoms with van der Waals surface area (Å²) in [5.74, 6) is -1.07. The molecule has 7 heteroatoms. The van der Waals surface area contributed by atoms with Crippen LogP contribution in [0.15, 0.2) is 60.1 Å². The zero-order chi connectivity index (χ0) is 19.9. The summed E-state index contributed by atoms with van der Waals surface area (Å²) in [5.41, 5.74) is 2.72. The molecular weight excluding hydrogens is 396 g/mol. The summed E-state index contributed by atoms with van der Waals surface area (Å²) < 4.78 is 5.23. The summed E-state index contributed by atoms with van der Waals surface area (Å²) in [5, 5.41) is 4.62. The number of rotatable bonds is 6. The quantitative estimate of drug-likeness (QED) is 0.358. The van der Waals surface area contributed by atoms with Crippen LogP contribution >= 0.6 is 22.9 Å². The molecule has 0 aliphatic rings. The van der Waals surface area contributed by atoms with Gasteiger partial charge in [-0.05, 0) is 42.1 Å². The number of aromatic nitrogens is 1. The monoisotopic (exact) mass is 412 g/mol. The molecule has 0 aliphatic carbocycles. The number of anilines is 1. The molecule has 0 aliphatic heterocycles. The number of halogens is 1. The van der Waals surface area contributed by atoms with Gasteiger partial charge in [0.25, 0.3) is 5.91 Å². The second kappa shape index (κ2) is 9.30. The molecule has 3 aromatic rings. The number of thiophene rings is 1. The highest BCUT2D eigenvalue weighted by atomic mass is 35.5. The Kier molecular flexibility index (Phi) is 6.57. The molecule has 0 saturated carbocycles. The van der Waals surface area contributed by atoms with Crippen LogP contribution in [-0.4, -0.2) is 23.5 Å². The standard InChI is InChI=1S/C21H17ClN2O3S/c1-14-5-2-6-15(11-14)12-16(18-8-4-10-28-18)21(26)27-13-19(25)24-17-7-3-9-23-20(17)22/h2-12H,13H2,1H3,(H,24,25)/b16-12+. The minimum atomic E-state index is -0.573. The first-order chi connectivity index (χ1) is 13.5. The molecule has 0 unspecified atom stereocenters. The van der Waals surface area contributed by atoms with E-state index < -0.39 is 18.5 Å². The van der Waals surface area contributed by atoms with Crippen molar-refractivity contribution in [3.05, 3.63) is 81.3 Å². The van der Waals surface area contributed by atoms with Gasteiger partial charge in [0.05, 0.1) is 11.3 Å². The normalized spacial score (nSPS) is 11.1. The van der Waals surface area contributed by atoms with E-state index in [1.807, 2.05) is 48.7 Å². The fraction of sp³-hybridized carbons (Fsp3) is 0.0952. The Balaban J connectivity index is 1.72. The number of amides is 1. The number of ether oxygens (including phenoxy) is 1. The lowest BCUT2D eigenvalue weighted by molar-refractivity contribution is -0.141. The molecule has 1 aromatic carbocycles. The van der Waals surface area contributed by atoms with E-state index in [9.17, 15) is 9.59 Å². The maximum atomic E-state index is 12.7. The van der Waals surface area contributed by atoms with Gasteiger partial charge in [-0.1, -0.05) is 47.5 Å². The maximum absolute atomic E-state index is 12.7. The van der Waals surface area contributed by atoms with Gasteiger partial charge >= 0.3 is 5.97 Å². The molecule has 3 rings (SSSR count). The number of aryl methyl sites for hydroxylation is 1. The second-order valence-corrected chi connectivity index (χ2v) is 7.22. The van der Waals surface area contributed by atoms with E-state index in [-0.39, 0.29) is 5.15 Å². The molecule has 2 heterocycles. The van der Waals surface area contributed by atoms with E-state index in [2.05, 4.69) is 10.3 Å². The van der Waals surface area contributed by atoms with Crippen LogP contribution in [0.5, 0.6) is 0 Å². The number of nitrogens with one attached hydrogen (secondary N) is 1. The minimum Gasteiger partial charge on any atom is -0.452 e. The molecule has 0 atom stereocenters. The zero-order valence-corrected chi connectivity index (χ0v) is 16.6. The first-order valence-electron chi connectivity index (χ1n) is 8.42. The van der Waals surface area contributed by atoms with Crippen molar-refractivity contribution < 1.29 is 14.3 Å². The van der Waals surface area contributed by atoms with Crippen LogP contribution in [0.2, 0.25) is 5.15 Å². The van der Waals surface area contributed by atoms with Crippen molar-refractivity contribution in [2.24, 2.45) is 0 Å². The molecule has 1 N–H and O–H groups in total. The van der Waals surface area contributed by atoms with E-state index >= 15 is 0 Å². The van der Waals surface area contributed by atoms with Crippen molar-refractivity contribution >= 4 is 52.2 Å². The first kappa shape index (κ1) is 19.8. The average molecular weight is 413 g/mol. The van der Waals surface area contributed by atoms with Gasteiger partial charge in [-0.25, -0.2) is 9.78 Å². The number of esters is 1. The number of pyridine rings is 1. The Morgan fingerprint density at radius 1 is 1.21 bits per heavy atom. The lowest BCUT2D eigenvalue weighted by Gasteiger charge is -2.09. The predicted molar refractivity (Wildman–Crippen MR) is 112 cm³/mol. The summed E-state index contributed by atoms with van der Waals surface area (Å²) in [7, 11) is 0. The van der Waals surface area contributed by atoms with Crippen molar-refractivity contribution in [1.82, 2.24) is 4.98 Å². The smallest absolute Gasteiger partial charge is 0.340 e. The molecule has 1 amide bonds. The van der Waals surface area contributed by atoms with Gasteiger partial charge in [-0.3, -0.25) is 4.79 Å². The molecule has 0 radical (unpaired) electrons. The van der Waals surface area contributed by atoms with Crippen molar-refractivity contribution in [3.63, 3.8) is 0 Å². The van der Waals surface area contributed by atoms with Crippen LogP contribution in [0.3, 0.4) is 0 Å². The fourth-order valence-electron chi connectivity index (χ4n) is 2.46. The summed E-state index contributed by atoms with van der Waals surface area (Å²) >= 11 is 7.34. The van der Waals surface area contributed by atoms with E-state index in [0.29, 0.717) is 11.3 Å². The maximum Gasteiger partial charge on any atom is 0.340 e. The molecule has 0 bridgehead atoms. The summed E-state index contributed by atoms with van der Waals surface area (Å²) in [6.07, 6.45) is 3.28. The Hall–Kier alpha value is -2.96.